The van der Waals surface area contributed by atoms with Gasteiger partial charge in [0.25, 0.3) is 5.91 Å². The molecule has 0 aliphatic carbocycles. The molecule has 2 unspecified atom stereocenters. The minimum absolute atomic E-state index is 0.0309. The van der Waals surface area contributed by atoms with Crippen LogP contribution in [0.15, 0.2) is 42.5 Å². The van der Waals surface area contributed by atoms with Crippen LogP contribution in [-0.4, -0.2) is 23.7 Å². The van der Waals surface area contributed by atoms with Crippen molar-refractivity contribution in [2.24, 2.45) is 0 Å². The summed E-state index contributed by atoms with van der Waals surface area (Å²) >= 11 is 0. The van der Waals surface area contributed by atoms with Gasteiger partial charge in [-0.25, -0.2) is 4.39 Å². The normalized spacial score (nSPS) is 13.3. The van der Waals surface area contributed by atoms with Crippen molar-refractivity contribution in [2.75, 3.05) is 6.54 Å². The molecule has 0 spiro atoms. The van der Waals surface area contributed by atoms with Crippen molar-refractivity contribution in [3.8, 4) is 5.75 Å². The monoisotopic (exact) mass is 359 g/mol. The third-order valence-corrected chi connectivity index (χ3v) is 4.28. The zero-order valence-electron chi connectivity index (χ0n) is 15.6. The van der Waals surface area contributed by atoms with Gasteiger partial charge in [0.1, 0.15) is 11.6 Å². The van der Waals surface area contributed by atoms with E-state index in [-0.39, 0.29) is 18.3 Å². The fraction of sp³-hybridized carbons (Fsp3) is 0.381. The van der Waals surface area contributed by atoms with E-state index < -0.39 is 12.2 Å². The van der Waals surface area contributed by atoms with E-state index in [1.807, 2.05) is 19.1 Å². The maximum absolute atomic E-state index is 12.9. The first-order valence-electron chi connectivity index (χ1n) is 8.76. The number of benzene rings is 2. The van der Waals surface area contributed by atoms with E-state index in [0.717, 1.165) is 11.1 Å². The Bertz CT molecular complexity index is 743. The van der Waals surface area contributed by atoms with Crippen molar-refractivity contribution >= 4 is 5.91 Å². The predicted molar refractivity (Wildman–Crippen MR) is 99.7 cm³/mol. The van der Waals surface area contributed by atoms with Crippen LogP contribution in [0.25, 0.3) is 0 Å². The predicted octanol–water partition coefficient (Wildman–Crippen LogP) is 3.87. The molecule has 2 N–H and O–H groups in total. The van der Waals surface area contributed by atoms with Gasteiger partial charge < -0.3 is 15.2 Å². The molecule has 0 heterocycles. The Labute approximate surface area is 154 Å². The van der Waals surface area contributed by atoms with Gasteiger partial charge in [-0.1, -0.05) is 38.1 Å². The molecule has 2 aromatic rings. The van der Waals surface area contributed by atoms with Crippen LogP contribution in [-0.2, 0) is 4.79 Å². The van der Waals surface area contributed by atoms with Gasteiger partial charge in [-0.05, 0) is 54.7 Å². The number of aliphatic hydroxyl groups excluding tert-OH is 1. The van der Waals surface area contributed by atoms with Crippen LogP contribution in [0.5, 0.6) is 5.75 Å². The van der Waals surface area contributed by atoms with Gasteiger partial charge in [0.05, 0.1) is 6.10 Å². The van der Waals surface area contributed by atoms with E-state index in [1.54, 1.807) is 6.92 Å². The first-order valence-corrected chi connectivity index (χ1v) is 8.76. The summed E-state index contributed by atoms with van der Waals surface area (Å²) in [7, 11) is 0. The van der Waals surface area contributed by atoms with Crippen LogP contribution in [0.4, 0.5) is 4.39 Å². The summed E-state index contributed by atoms with van der Waals surface area (Å²) in [4.78, 5) is 12.3. The number of rotatable bonds is 7. The topological polar surface area (TPSA) is 58.6 Å². The highest BCUT2D eigenvalue weighted by atomic mass is 19.1. The highest BCUT2D eigenvalue weighted by molar-refractivity contribution is 5.80. The van der Waals surface area contributed by atoms with Crippen LogP contribution >= 0.6 is 0 Å². The number of amides is 1. The molecule has 0 aromatic heterocycles. The van der Waals surface area contributed by atoms with Crippen molar-refractivity contribution in [2.45, 2.75) is 45.8 Å². The Hall–Kier alpha value is -2.40. The van der Waals surface area contributed by atoms with Crippen molar-refractivity contribution in [3.63, 3.8) is 0 Å². The second kappa shape index (κ2) is 8.81. The Morgan fingerprint density at radius 1 is 1.12 bits per heavy atom. The fourth-order valence-electron chi connectivity index (χ4n) is 2.49. The summed E-state index contributed by atoms with van der Waals surface area (Å²) in [5.41, 5.74) is 2.64. The molecular formula is C21H26FNO3. The van der Waals surface area contributed by atoms with Crippen molar-refractivity contribution in [1.29, 1.82) is 0 Å². The van der Waals surface area contributed by atoms with Crippen molar-refractivity contribution < 1.29 is 19.0 Å². The average molecular weight is 359 g/mol. The molecule has 4 nitrogen and oxygen atoms in total. The number of nitrogens with one attached hydrogen (secondary N) is 1. The zero-order valence-corrected chi connectivity index (χ0v) is 15.6. The molecule has 1 amide bonds. The Kier molecular flexibility index (Phi) is 6.75. The van der Waals surface area contributed by atoms with Gasteiger partial charge in [-0.2, -0.15) is 0 Å². The molecule has 0 bridgehead atoms. The van der Waals surface area contributed by atoms with Crippen LogP contribution in [0.2, 0.25) is 0 Å². The Morgan fingerprint density at radius 3 is 2.35 bits per heavy atom. The number of carbonyl (C=O) groups excluding carboxylic acids is 1. The molecule has 0 saturated carbocycles. The second-order valence-electron chi connectivity index (χ2n) is 6.75. The summed E-state index contributed by atoms with van der Waals surface area (Å²) in [6.07, 6.45) is -1.60. The maximum Gasteiger partial charge on any atom is 0.260 e. The van der Waals surface area contributed by atoms with Gasteiger partial charge >= 0.3 is 0 Å². The first kappa shape index (κ1) is 19.9. The zero-order chi connectivity index (χ0) is 19.3. The lowest BCUT2D eigenvalue weighted by atomic mass is 10.0. The minimum atomic E-state index is -0.905. The number of ether oxygens (including phenoxy) is 1. The summed E-state index contributed by atoms with van der Waals surface area (Å²) in [6, 6.07) is 11.5. The lowest BCUT2D eigenvalue weighted by molar-refractivity contribution is -0.127. The number of aliphatic hydroxyl groups is 1. The highest BCUT2D eigenvalue weighted by Gasteiger charge is 2.18. The molecule has 0 saturated heterocycles. The average Bonchev–Trinajstić information content (AvgIpc) is 2.61. The Balaban J connectivity index is 1.93. The largest absolute Gasteiger partial charge is 0.481 e. The van der Waals surface area contributed by atoms with Crippen LogP contribution < -0.4 is 10.1 Å². The number of aryl methyl sites for hydroxylation is 1. The van der Waals surface area contributed by atoms with Crippen LogP contribution in [0.3, 0.4) is 0 Å². The van der Waals surface area contributed by atoms with Gasteiger partial charge in [-0.15, -0.1) is 0 Å². The van der Waals surface area contributed by atoms with E-state index in [4.69, 9.17) is 4.74 Å². The SMILES string of the molecule is Cc1ccc(C(C)C)cc1OC(C)C(=O)NCC(O)c1ccc(F)cc1. The lowest BCUT2D eigenvalue weighted by Gasteiger charge is -2.19. The molecular weight excluding hydrogens is 333 g/mol. The van der Waals surface area contributed by atoms with Crippen molar-refractivity contribution in [1.82, 2.24) is 5.32 Å². The fourth-order valence-corrected chi connectivity index (χ4v) is 2.49. The summed E-state index contributed by atoms with van der Waals surface area (Å²) in [5, 5.41) is 12.8. The molecule has 2 atom stereocenters. The van der Waals surface area contributed by atoms with Gasteiger partial charge in [0.15, 0.2) is 6.10 Å². The van der Waals surface area contributed by atoms with Crippen molar-refractivity contribution in [3.05, 3.63) is 65.0 Å². The third-order valence-electron chi connectivity index (χ3n) is 4.28. The molecule has 0 aliphatic rings. The smallest absolute Gasteiger partial charge is 0.260 e. The molecule has 0 radical (unpaired) electrons. The molecule has 140 valence electrons. The maximum atomic E-state index is 12.9. The van der Waals surface area contributed by atoms with E-state index in [0.29, 0.717) is 17.2 Å². The lowest BCUT2D eigenvalue weighted by Crippen LogP contribution is -2.38. The minimum Gasteiger partial charge on any atom is -0.481 e. The van der Waals surface area contributed by atoms with E-state index in [9.17, 15) is 14.3 Å². The molecule has 0 aliphatic heterocycles. The molecule has 0 fully saturated rings. The Morgan fingerprint density at radius 2 is 1.73 bits per heavy atom. The standard InChI is InChI=1S/C21H26FNO3/c1-13(2)17-6-5-14(3)20(11-17)26-15(4)21(25)23-12-19(24)16-7-9-18(22)10-8-16/h5-11,13,15,19,24H,12H2,1-4H3,(H,23,25). The van der Waals surface area contributed by atoms with Gasteiger partial charge in [0.2, 0.25) is 0 Å². The van der Waals surface area contributed by atoms with Gasteiger partial charge in [-0.3, -0.25) is 4.79 Å². The van der Waals surface area contributed by atoms with Crippen LogP contribution in [0.1, 0.15) is 49.5 Å². The number of halogens is 1. The molecule has 2 rings (SSSR count). The highest BCUT2D eigenvalue weighted by Crippen LogP contribution is 2.25. The molecule has 2 aromatic carbocycles. The quantitative estimate of drug-likeness (QED) is 0.789. The number of hydrogen-bond acceptors (Lipinski definition) is 3. The molecule has 5 heteroatoms. The summed E-state index contributed by atoms with van der Waals surface area (Å²) in [5.74, 6) is 0.359. The number of hydrogen-bond donors (Lipinski definition) is 2. The number of carbonyl (C=O) groups is 1. The van der Waals surface area contributed by atoms with Crippen LogP contribution in [0, 0.1) is 12.7 Å². The summed E-state index contributed by atoms with van der Waals surface area (Å²) in [6.45, 7) is 7.83. The first-order chi connectivity index (χ1) is 12.3. The van der Waals surface area contributed by atoms with E-state index in [2.05, 4.69) is 25.2 Å². The van der Waals surface area contributed by atoms with Gasteiger partial charge in [0, 0.05) is 6.54 Å². The summed E-state index contributed by atoms with van der Waals surface area (Å²) < 4.78 is 18.7. The van der Waals surface area contributed by atoms with E-state index in [1.165, 1.54) is 24.3 Å². The second-order valence-corrected chi connectivity index (χ2v) is 6.75. The third kappa shape index (κ3) is 5.30. The van der Waals surface area contributed by atoms with E-state index >= 15 is 0 Å². The molecule has 26 heavy (non-hydrogen) atoms.